The van der Waals surface area contributed by atoms with Crippen LogP contribution in [-0.4, -0.2) is 51.2 Å². The van der Waals surface area contributed by atoms with Crippen molar-refractivity contribution in [2.45, 2.75) is 39.2 Å². The number of carbonyl (C=O) groups excluding carboxylic acids is 1. The largest absolute Gasteiger partial charge is 0.481 e. The number of aliphatic hydroxyl groups is 1. The second-order valence-electron chi connectivity index (χ2n) is 5.88. The first-order valence-electron chi connectivity index (χ1n) is 7.54. The number of aliphatic hydroxyl groups excluding tert-OH is 1. The molecule has 1 saturated heterocycles. The van der Waals surface area contributed by atoms with Crippen LogP contribution in [0.5, 0.6) is 0 Å². The van der Waals surface area contributed by atoms with Crippen LogP contribution in [0.4, 0.5) is 0 Å². The summed E-state index contributed by atoms with van der Waals surface area (Å²) in [7, 11) is 0. The number of carbonyl (C=O) groups is 2. The number of hydrogen-bond acceptors (Lipinski definition) is 4. The quantitative estimate of drug-likeness (QED) is 0.879. The third kappa shape index (κ3) is 2.83. The number of amides is 1. The molecule has 22 heavy (non-hydrogen) atoms. The Morgan fingerprint density at radius 2 is 2.23 bits per heavy atom. The van der Waals surface area contributed by atoms with Crippen molar-refractivity contribution < 1.29 is 19.8 Å². The maximum absolute atomic E-state index is 12.7. The lowest BCUT2D eigenvalue weighted by atomic mass is 9.74. The minimum absolute atomic E-state index is 0.0322. The predicted octanol–water partition coefficient (Wildman–Crippen LogP) is 1.47. The van der Waals surface area contributed by atoms with Crippen molar-refractivity contribution in [3.63, 3.8) is 0 Å². The number of aromatic nitrogens is 1. The van der Waals surface area contributed by atoms with Crippen LogP contribution < -0.4 is 0 Å². The fraction of sp³-hybridized carbons (Fsp3) is 0.562. The van der Waals surface area contributed by atoms with Crippen LogP contribution in [-0.2, 0) is 4.79 Å². The van der Waals surface area contributed by atoms with E-state index in [9.17, 15) is 19.8 Å². The van der Waals surface area contributed by atoms with Crippen molar-refractivity contribution in [2.24, 2.45) is 5.41 Å². The summed E-state index contributed by atoms with van der Waals surface area (Å²) < 4.78 is 0. The number of rotatable bonds is 4. The first-order chi connectivity index (χ1) is 10.4. The number of carboxylic acids is 1. The van der Waals surface area contributed by atoms with Crippen LogP contribution in [0.15, 0.2) is 18.3 Å². The number of hydrogen-bond donors (Lipinski definition) is 2. The minimum Gasteiger partial charge on any atom is -0.481 e. The fourth-order valence-corrected chi connectivity index (χ4v) is 3.14. The minimum atomic E-state index is -1.28. The molecule has 2 atom stereocenters. The summed E-state index contributed by atoms with van der Waals surface area (Å²) in [6.45, 7) is 4.02. The van der Waals surface area contributed by atoms with Gasteiger partial charge in [-0.25, -0.2) is 0 Å². The van der Waals surface area contributed by atoms with Crippen molar-refractivity contribution >= 4 is 11.9 Å². The highest BCUT2D eigenvalue weighted by molar-refractivity contribution is 5.95. The molecule has 2 heterocycles. The molecule has 2 rings (SSSR count). The van der Waals surface area contributed by atoms with Gasteiger partial charge in [0, 0.05) is 25.0 Å². The topological polar surface area (TPSA) is 90.7 Å². The van der Waals surface area contributed by atoms with Gasteiger partial charge in [-0.05, 0) is 31.9 Å². The van der Waals surface area contributed by atoms with E-state index in [1.807, 2.05) is 6.92 Å². The van der Waals surface area contributed by atoms with Crippen molar-refractivity contribution in [3.8, 4) is 0 Å². The van der Waals surface area contributed by atoms with E-state index in [1.165, 1.54) is 4.90 Å². The molecule has 1 aromatic rings. The second-order valence-corrected chi connectivity index (χ2v) is 5.88. The predicted molar refractivity (Wildman–Crippen MR) is 80.5 cm³/mol. The van der Waals surface area contributed by atoms with Gasteiger partial charge in [0.25, 0.3) is 5.91 Å². The van der Waals surface area contributed by atoms with Crippen molar-refractivity contribution in [1.29, 1.82) is 0 Å². The molecule has 1 aliphatic heterocycles. The molecule has 1 aromatic heterocycles. The van der Waals surface area contributed by atoms with Gasteiger partial charge in [0.05, 0.1) is 11.7 Å². The van der Waals surface area contributed by atoms with Gasteiger partial charge in [-0.3, -0.25) is 14.6 Å². The molecule has 0 aliphatic carbocycles. The molecule has 6 nitrogen and oxygen atoms in total. The third-order valence-corrected chi connectivity index (χ3v) is 4.43. The molecule has 0 unspecified atom stereocenters. The van der Waals surface area contributed by atoms with Gasteiger partial charge in [0.15, 0.2) is 0 Å². The smallest absolute Gasteiger partial charge is 0.314 e. The summed E-state index contributed by atoms with van der Waals surface area (Å²) in [5.41, 5.74) is -0.177. The van der Waals surface area contributed by atoms with Crippen LogP contribution in [0.1, 0.15) is 42.2 Å². The molecule has 1 fully saturated rings. The molecule has 0 aromatic carbocycles. The Labute approximate surface area is 129 Å². The zero-order valence-corrected chi connectivity index (χ0v) is 13.0. The standard InChI is InChI=1S/C16H22N2O4/c1-3-7-16(15(21)22)10-18(9-6-13(16)19)14(20)12-5-4-8-17-11(12)2/h4-5,8,13,19H,3,6-7,9-10H2,1-2H3,(H,21,22)/t13-,16-/m1/s1. The van der Waals surface area contributed by atoms with E-state index in [0.29, 0.717) is 30.6 Å². The van der Waals surface area contributed by atoms with E-state index < -0.39 is 17.5 Å². The van der Waals surface area contributed by atoms with E-state index in [0.717, 1.165) is 0 Å². The molecule has 120 valence electrons. The first kappa shape index (κ1) is 16.4. The van der Waals surface area contributed by atoms with E-state index >= 15 is 0 Å². The maximum Gasteiger partial charge on any atom is 0.314 e. The Balaban J connectivity index is 2.28. The lowest BCUT2D eigenvalue weighted by molar-refractivity contribution is -0.162. The maximum atomic E-state index is 12.7. The van der Waals surface area contributed by atoms with Crippen LogP contribution in [0.3, 0.4) is 0 Å². The van der Waals surface area contributed by atoms with Crippen LogP contribution in [0.2, 0.25) is 0 Å². The van der Waals surface area contributed by atoms with Crippen LogP contribution >= 0.6 is 0 Å². The molecule has 1 amide bonds. The van der Waals surface area contributed by atoms with Crippen LogP contribution in [0, 0.1) is 12.3 Å². The monoisotopic (exact) mass is 306 g/mol. The van der Waals surface area contributed by atoms with E-state index in [1.54, 1.807) is 25.3 Å². The molecule has 0 radical (unpaired) electrons. The van der Waals surface area contributed by atoms with Crippen molar-refractivity contribution in [1.82, 2.24) is 9.88 Å². The Morgan fingerprint density at radius 1 is 1.50 bits per heavy atom. The molecular formula is C16H22N2O4. The number of aryl methyl sites for hydroxylation is 1. The number of aliphatic carboxylic acids is 1. The number of piperidine rings is 1. The highest BCUT2D eigenvalue weighted by atomic mass is 16.4. The summed E-state index contributed by atoms with van der Waals surface area (Å²) in [4.78, 5) is 30.0. The zero-order valence-electron chi connectivity index (χ0n) is 13.0. The highest BCUT2D eigenvalue weighted by Crippen LogP contribution is 2.36. The molecule has 2 N–H and O–H groups in total. The van der Waals surface area contributed by atoms with Crippen molar-refractivity contribution in [2.75, 3.05) is 13.1 Å². The molecular weight excluding hydrogens is 284 g/mol. The van der Waals surface area contributed by atoms with Gasteiger partial charge in [-0.15, -0.1) is 0 Å². The van der Waals surface area contributed by atoms with Crippen LogP contribution in [0.25, 0.3) is 0 Å². The Hall–Kier alpha value is -1.95. The third-order valence-electron chi connectivity index (χ3n) is 4.43. The van der Waals surface area contributed by atoms with Gasteiger partial charge in [0.2, 0.25) is 0 Å². The fourth-order valence-electron chi connectivity index (χ4n) is 3.14. The number of carboxylic acid groups (broad SMARTS) is 1. The second kappa shape index (κ2) is 6.44. The lowest BCUT2D eigenvalue weighted by Gasteiger charge is -2.43. The highest BCUT2D eigenvalue weighted by Gasteiger charge is 2.49. The van der Waals surface area contributed by atoms with E-state index in [2.05, 4.69) is 4.98 Å². The van der Waals surface area contributed by atoms with E-state index in [-0.39, 0.29) is 18.9 Å². The summed E-state index contributed by atoms with van der Waals surface area (Å²) in [6, 6.07) is 3.38. The average Bonchev–Trinajstić information content (AvgIpc) is 2.49. The lowest BCUT2D eigenvalue weighted by Crippen LogP contribution is -2.57. The van der Waals surface area contributed by atoms with E-state index in [4.69, 9.17) is 0 Å². The van der Waals surface area contributed by atoms with Crippen molar-refractivity contribution in [3.05, 3.63) is 29.6 Å². The normalized spacial score (nSPS) is 25.0. The summed E-state index contributed by atoms with van der Waals surface area (Å²) >= 11 is 0. The average molecular weight is 306 g/mol. The molecule has 0 spiro atoms. The van der Waals surface area contributed by atoms with Gasteiger partial charge in [0.1, 0.15) is 5.41 Å². The zero-order chi connectivity index (χ0) is 16.3. The molecule has 6 heteroatoms. The summed E-state index contributed by atoms with van der Waals surface area (Å²) in [6.07, 6.45) is 1.95. The number of likely N-dealkylation sites (tertiary alicyclic amines) is 1. The Kier molecular flexibility index (Phi) is 4.81. The number of pyridine rings is 1. The van der Waals surface area contributed by atoms with Gasteiger partial charge >= 0.3 is 5.97 Å². The summed E-state index contributed by atoms with van der Waals surface area (Å²) in [5.74, 6) is -1.26. The first-order valence-corrected chi connectivity index (χ1v) is 7.54. The van der Waals surface area contributed by atoms with Gasteiger partial charge in [-0.1, -0.05) is 13.3 Å². The van der Waals surface area contributed by atoms with Gasteiger partial charge < -0.3 is 15.1 Å². The Bertz CT molecular complexity index is 575. The SMILES string of the molecule is CCC[C@@]1(C(=O)O)CN(C(=O)c2cccnc2C)CC[C@H]1O. The number of nitrogens with zero attached hydrogens (tertiary/aromatic N) is 2. The Morgan fingerprint density at radius 3 is 2.82 bits per heavy atom. The molecule has 0 saturated carbocycles. The van der Waals surface area contributed by atoms with Gasteiger partial charge in [-0.2, -0.15) is 0 Å². The summed E-state index contributed by atoms with van der Waals surface area (Å²) in [5, 5.41) is 19.8. The molecule has 1 aliphatic rings. The molecule has 0 bridgehead atoms.